The van der Waals surface area contributed by atoms with Crippen LogP contribution in [0.3, 0.4) is 0 Å². The first-order valence-corrected chi connectivity index (χ1v) is 9.50. The van der Waals surface area contributed by atoms with Crippen LogP contribution in [0.1, 0.15) is 49.7 Å². The topological polar surface area (TPSA) is 0 Å². The van der Waals surface area contributed by atoms with Crippen LogP contribution in [0.5, 0.6) is 0 Å². The molecule has 7 aliphatic rings. The van der Waals surface area contributed by atoms with E-state index in [-0.39, 0.29) is 0 Å². The molecule has 0 aliphatic heterocycles. The van der Waals surface area contributed by atoms with Crippen LogP contribution in [0.2, 0.25) is 0 Å². The predicted molar refractivity (Wildman–Crippen MR) is 90.3 cm³/mol. The Balaban J connectivity index is 1.47. The summed E-state index contributed by atoms with van der Waals surface area (Å²) in [6, 6.07) is 9.37. The lowest BCUT2D eigenvalue weighted by Gasteiger charge is -2.72. The zero-order chi connectivity index (χ0) is 14.5. The van der Waals surface area contributed by atoms with Crippen LogP contribution in [-0.4, -0.2) is 0 Å². The molecule has 0 aromatic heterocycles. The Morgan fingerprint density at radius 3 is 2.00 bits per heavy atom. The zero-order valence-corrected chi connectivity index (χ0v) is 13.4. The first-order valence-electron chi connectivity index (χ1n) is 9.50. The molecule has 0 heterocycles. The summed E-state index contributed by atoms with van der Waals surface area (Å²) in [4.78, 5) is 0. The fourth-order valence-electron chi connectivity index (χ4n) is 8.26. The van der Waals surface area contributed by atoms with Gasteiger partial charge in [-0.1, -0.05) is 36.9 Å². The van der Waals surface area contributed by atoms with Gasteiger partial charge < -0.3 is 0 Å². The standard InChI is InChI=1S/C22H26/c1-2-13-4-3-5-15(6-13)22-10-19-16-7-14-8-17(19)21(12-22)18(9-14)20(16)11-22/h2-6,14,16-21H,1,7-12H2. The largest absolute Gasteiger partial charge is 0.0985 e. The monoisotopic (exact) mass is 290 g/mol. The molecule has 22 heavy (non-hydrogen) atoms. The highest BCUT2D eigenvalue weighted by Gasteiger charge is 2.67. The molecule has 0 nitrogen and oxygen atoms in total. The van der Waals surface area contributed by atoms with E-state index in [1.807, 2.05) is 6.08 Å². The van der Waals surface area contributed by atoms with Gasteiger partial charge in [0.1, 0.15) is 0 Å². The van der Waals surface area contributed by atoms with E-state index in [2.05, 4.69) is 30.8 Å². The third-order valence-corrected chi connectivity index (χ3v) is 8.73. The van der Waals surface area contributed by atoms with Crippen LogP contribution >= 0.6 is 0 Å². The molecule has 0 spiro atoms. The first kappa shape index (κ1) is 12.4. The maximum Gasteiger partial charge on any atom is -0.00382 e. The second-order valence-corrected chi connectivity index (χ2v) is 9.28. The fraction of sp³-hybridized carbons (Fsp3) is 0.636. The Morgan fingerprint density at radius 2 is 1.45 bits per heavy atom. The highest BCUT2D eigenvalue weighted by molar-refractivity contribution is 5.49. The summed E-state index contributed by atoms with van der Waals surface area (Å²) < 4.78 is 0. The molecule has 0 heteroatoms. The molecule has 0 N–H and O–H groups in total. The van der Waals surface area contributed by atoms with Crippen LogP contribution < -0.4 is 0 Å². The summed E-state index contributed by atoms with van der Waals surface area (Å²) in [5, 5.41) is 0. The van der Waals surface area contributed by atoms with Crippen LogP contribution in [0.15, 0.2) is 30.8 Å². The molecule has 7 saturated carbocycles. The second-order valence-electron chi connectivity index (χ2n) is 9.28. The highest BCUT2D eigenvalue weighted by Crippen LogP contribution is 2.74. The molecule has 1 aromatic carbocycles. The Hall–Kier alpha value is -1.04. The molecular weight excluding hydrogens is 264 g/mol. The maximum atomic E-state index is 3.98. The summed E-state index contributed by atoms with van der Waals surface area (Å²) >= 11 is 0. The Kier molecular flexibility index (Phi) is 2.19. The van der Waals surface area contributed by atoms with E-state index >= 15 is 0 Å². The van der Waals surface area contributed by atoms with Crippen LogP contribution in [0.25, 0.3) is 6.08 Å². The molecule has 0 saturated heterocycles. The Bertz CT molecular complexity index is 593. The van der Waals surface area contributed by atoms with Gasteiger partial charge in [-0.25, -0.2) is 0 Å². The molecular formula is C22H26. The van der Waals surface area contributed by atoms with Gasteiger partial charge in [0.2, 0.25) is 0 Å². The minimum Gasteiger partial charge on any atom is -0.0985 e. The molecule has 7 aliphatic carbocycles. The smallest absolute Gasteiger partial charge is 0.00382 e. The predicted octanol–water partition coefficient (Wildman–Crippen LogP) is 5.29. The molecule has 1 aromatic rings. The van der Waals surface area contributed by atoms with Gasteiger partial charge in [-0.05, 0) is 96.5 Å². The summed E-state index contributed by atoms with van der Waals surface area (Å²) in [6.07, 6.45) is 11.3. The van der Waals surface area contributed by atoms with E-state index in [4.69, 9.17) is 0 Å². The van der Waals surface area contributed by atoms with Crippen molar-refractivity contribution in [2.45, 2.75) is 43.9 Å². The molecule has 0 atom stereocenters. The van der Waals surface area contributed by atoms with E-state index in [1.165, 1.54) is 24.8 Å². The van der Waals surface area contributed by atoms with Crippen molar-refractivity contribution in [2.24, 2.45) is 41.4 Å². The lowest BCUT2D eigenvalue weighted by molar-refractivity contribution is -0.212. The van der Waals surface area contributed by atoms with Gasteiger partial charge in [0.15, 0.2) is 0 Å². The van der Waals surface area contributed by atoms with Crippen molar-refractivity contribution in [2.75, 3.05) is 0 Å². The average Bonchev–Trinajstić information content (AvgIpc) is 2.59. The Labute approximate surface area is 134 Å². The third kappa shape index (κ3) is 1.32. The summed E-state index contributed by atoms with van der Waals surface area (Å²) in [7, 11) is 0. The van der Waals surface area contributed by atoms with Gasteiger partial charge in [0.05, 0.1) is 0 Å². The van der Waals surface area contributed by atoms with Gasteiger partial charge in [-0.15, -0.1) is 0 Å². The van der Waals surface area contributed by atoms with E-state index in [0.29, 0.717) is 5.41 Å². The summed E-state index contributed by atoms with van der Waals surface area (Å²) in [5.74, 6) is 7.73. The second kappa shape index (κ2) is 3.89. The third-order valence-electron chi connectivity index (χ3n) is 8.73. The van der Waals surface area contributed by atoms with Crippen molar-refractivity contribution in [3.63, 3.8) is 0 Å². The highest BCUT2D eigenvalue weighted by atomic mass is 14.7. The van der Waals surface area contributed by atoms with Crippen LogP contribution in [0, 0.1) is 41.4 Å². The lowest BCUT2D eigenvalue weighted by atomic mass is 9.32. The van der Waals surface area contributed by atoms with Gasteiger partial charge in [0, 0.05) is 0 Å². The lowest BCUT2D eigenvalue weighted by Crippen LogP contribution is -2.66. The van der Waals surface area contributed by atoms with Crippen molar-refractivity contribution in [3.8, 4) is 0 Å². The zero-order valence-electron chi connectivity index (χ0n) is 13.4. The summed E-state index contributed by atoms with van der Waals surface area (Å²) in [6.45, 7) is 3.98. The molecule has 0 unspecified atom stereocenters. The van der Waals surface area contributed by atoms with Gasteiger partial charge >= 0.3 is 0 Å². The number of benzene rings is 1. The fourth-order valence-corrected chi connectivity index (χ4v) is 8.26. The quantitative estimate of drug-likeness (QED) is 0.694. The van der Waals surface area contributed by atoms with E-state index < -0.39 is 0 Å². The van der Waals surface area contributed by atoms with Crippen molar-refractivity contribution < 1.29 is 0 Å². The summed E-state index contributed by atoms with van der Waals surface area (Å²) in [5.41, 5.74) is 3.50. The first-order chi connectivity index (χ1) is 10.8. The van der Waals surface area contributed by atoms with Gasteiger partial charge in [-0.3, -0.25) is 0 Å². The Morgan fingerprint density at radius 1 is 0.864 bits per heavy atom. The molecule has 8 bridgehead atoms. The van der Waals surface area contributed by atoms with Gasteiger partial charge in [0.25, 0.3) is 0 Å². The number of hydrogen-bond donors (Lipinski definition) is 0. The number of hydrogen-bond acceptors (Lipinski definition) is 0. The average molecular weight is 290 g/mol. The van der Waals surface area contributed by atoms with Crippen molar-refractivity contribution >= 4 is 6.08 Å². The molecule has 8 rings (SSSR count). The molecule has 114 valence electrons. The van der Waals surface area contributed by atoms with Crippen molar-refractivity contribution in [1.29, 1.82) is 0 Å². The van der Waals surface area contributed by atoms with Crippen molar-refractivity contribution in [3.05, 3.63) is 42.0 Å². The van der Waals surface area contributed by atoms with Crippen molar-refractivity contribution in [1.82, 2.24) is 0 Å². The number of rotatable bonds is 2. The minimum atomic E-state index is 0.534. The van der Waals surface area contributed by atoms with E-state index in [1.54, 1.807) is 24.8 Å². The van der Waals surface area contributed by atoms with Gasteiger partial charge in [-0.2, -0.15) is 0 Å². The van der Waals surface area contributed by atoms with E-state index in [9.17, 15) is 0 Å². The SMILES string of the molecule is C=Cc1cccc(C23CC4C5CC6CC4C(C2)C(C6)C5C3)c1. The van der Waals surface area contributed by atoms with E-state index in [0.717, 1.165) is 41.4 Å². The maximum absolute atomic E-state index is 3.98. The molecule has 0 radical (unpaired) electrons. The normalized spacial score (nSPS) is 53.2. The minimum absolute atomic E-state index is 0.534. The molecule has 0 amide bonds. The van der Waals surface area contributed by atoms with Crippen LogP contribution in [-0.2, 0) is 5.41 Å². The van der Waals surface area contributed by atoms with Crippen LogP contribution in [0.4, 0.5) is 0 Å². The molecule has 7 fully saturated rings.